The van der Waals surface area contributed by atoms with Crippen LogP contribution in [0.25, 0.3) is 0 Å². The Hall–Kier alpha value is -1.09. The monoisotopic (exact) mass is 299 g/mol. The van der Waals surface area contributed by atoms with Crippen LogP contribution in [0.3, 0.4) is 0 Å². The number of carbonyl (C=O) groups excluding carboxylic acids is 1. The van der Waals surface area contributed by atoms with Crippen molar-refractivity contribution in [3.63, 3.8) is 0 Å². The van der Waals surface area contributed by atoms with E-state index in [0.717, 1.165) is 5.56 Å². The third kappa shape index (κ3) is 3.02. The summed E-state index contributed by atoms with van der Waals surface area (Å²) in [5.74, 6) is -0.105. The van der Waals surface area contributed by atoms with Crippen LogP contribution >= 0.6 is 34.8 Å². The molecule has 1 heterocycles. The molecule has 0 bridgehead atoms. The summed E-state index contributed by atoms with van der Waals surface area (Å²) < 4.78 is 0. The van der Waals surface area contributed by atoms with Gasteiger partial charge in [0.1, 0.15) is 0 Å². The van der Waals surface area contributed by atoms with Gasteiger partial charge in [0.2, 0.25) is 0 Å². The summed E-state index contributed by atoms with van der Waals surface area (Å²) in [7, 11) is 0. The van der Waals surface area contributed by atoms with Gasteiger partial charge in [-0.2, -0.15) is 0 Å². The van der Waals surface area contributed by atoms with E-state index in [9.17, 15) is 4.79 Å². The summed E-state index contributed by atoms with van der Waals surface area (Å²) in [5.41, 5.74) is 1.16. The van der Waals surface area contributed by atoms with Gasteiger partial charge in [-0.25, -0.2) is 0 Å². The molecule has 0 aliphatic carbocycles. The molecule has 1 aromatic heterocycles. The highest BCUT2D eigenvalue weighted by atomic mass is 35.5. The molecule has 92 valence electrons. The fourth-order valence-corrected chi connectivity index (χ4v) is 2.23. The fourth-order valence-electron chi connectivity index (χ4n) is 1.53. The Morgan fingerprint density at radius 2 is 1.89 bits per heavy atom. The lowest BCUT2D eigenvalue weighted by atomic mass is 10.0. The molecule has 0 saturated carbocycles. The number of pyridine rings is 1. The van der Waals surface area contributed by atoms with E-state index in [1.807, 2.05) is 0 Å². The molecule has 0 N–H and O–H groups in total. The third-order valence-electron chi connectivity index (χ3n) is 2.44. The lowest BCUT2D eigenvalue weighted by Gasteiger charge is -2.05. The zero-order valence-electron chi connectivity index (χ0n) is 9.16. The van der Waals surface area contributed by atoms with Gasteiger partial charge in [-0.15, -0.1) is 0 Å². The van der Waals surface area contributed by atoms with Crippen LogP contribution < -0.4 is 0 Å². The quantitative estimate of drug-likeness (QED) is 0.783. The Kier molecular flexibility index (Phi) is 4.23. The molecule has 0 aliphatic rings. The first-order valence-electron chi connectivity index (χ1n) is 5.14. The summed E-state index contributed by atoms with van der Waals surface area (Å²) >= 11 is 17.7. The molecule has 0 saturated heterocycles. The summed E-state index contributed by atoms with van der Waals surface area (Å²) in [5, 5.41) is 1.35. The first kappa shape index (κ1) is 13.3. The van der Waals surface area contributed by atoms with Crippen molar-refractivity contribution in [3.8, 4) is 0 Å². The van der Waals surface area contributed by atoms with Crippen LogP contribution in [0.15, 0.2) is 36.7 Å². The average molecular weight is 301 g/mol. The van der Waals surface area contributed by atoms with Crippen molar-refractivity contribution in [2.75, 3.05) is 0 Å². The predicted molar refractivity (Wildman–Crippen MR) is 73.7 cm³/mol. The Morgan fingerprint density at radius 1 is 1.11 bits per heavy atom. The Morgan fingerprint density at radius 3 is 2.56 bits per heavy atom. The van der Waals surface area contributed by atoms with E-state index in [0.29, 0.717) is 20.6 Å². The van der Waals surface area contributed by atoms with Gasteiger partial charge in [0, 0.05) is 34.4 Å². The molecule has 0 fully saturated rings. The molecule has 0 spiro atoms. The number of hydrogen-bond acceptors (Lipinski definition) is 2. The maximum absolute atomic E-state index is 12.1. The van der Waals surface area contributed by atoms with Crippen molar-refractivity contribution >= 4 is 40.6 Å². The molecule has 2 rings (SSSR count). The molecule has 0 unspecified atom stereocenters. The van der Waals surface area contributed by atoms with Gasteiger partial charge in [0.15, 0.2) is 5.78 Å². The van der Waals surface area contributed by atoms with Crippen molar-refractivity contribution in [1.29, 1.82) is 0 Å². The van der Waals surface area contributed by atoms with Crippen LogP contribution in [0.4, 0.5) is 0 Å². The topological polar surface area (TPSA) is 30.0 Å². The van der Waals surface area contributed by atoms with E-state index < -0.39 is 0 Å². The lowest BCUT2D eigenvalue weighted by Crippen LogP contribution is -2.05. The number of carbonyl (C=O) groups is 1. The van der Waals surface area contributed by atoms with Crippen molar-refractivity contribution < 1.29 is 4.79 Å². The molecule has 2 aromatic rings. The number of aromatic nitrogens is 1. The maximum Gasteiger partial charge on any atom is 0.168 e. The lowest BCUT2D eigenvalue weighted by molar-refractivity contribution is 0.0993. The summed E-state index contributed by atoms with van der Waals surface area (Å²) in [6.45, 7) is 0. The van der Waals surface area contributed by atoms with Crippen LogP contribution in [-0.2, 0) is 6.42 Å². The fraction of sp³-hybridized carbons (Fsp3) is 0.0769. The number of nitrogens with zero attached hydrogens (tertiary/aromatic N) is 1. The standard InChI is InChI=1S/C13H8Cl3NO/c14-9-2-1-8(11(15)6-9)5-13(18)10-3-4-17-7-12(10)16/h1-4,6-7H,5H2. The molecule has 18 heavy (non-hydrogen) atoms. The van der Waals surface area contributed by atoms with E-state index in [1.165, 1.54) is 12.4 Å². The first-order valence-corrected chi connectivity index (χ1v) is 6.28. The van der Waals surface area contributed by atoms with Crippen molar-refractivity contribution in [3.05, 3.63) is 62.9 Å². The van der Waals surface area contributed by atoms with Crippen molar-refractivity contribution in [1.82, 2.24) is 4.98 Å². The molecular formula is C13H8Cl3NO. The summed E-state index contributed by atoms with van der Waals surface area (Å²) in [4.78, 5) is 15.9. The Labute approximate surface area is 120 Å². The van der Waals surface area contributed by atoms with Crippen LogP contribution in [0.5, 0.6) is 0 Å². The Balaban J connectivity index is 2.24. The maximum atomic E-state index is 12.1. The van der Waals surface area contributed by atoms with Gasteiger partial charge in [-0.05, 0) is 23.8 Å². The van der Waals surface area contributed by atoms with Crippen molar-refractivity contribution in [2.24, 2.45) is 0 Å². The highest BCUT2D eigenvalue weighted by Crippen LogP contribution is 2.23. The molecule has 0 aliphatic heterocycles. The summed E-state index contributed by atoms with van der Waals surface area (Å²) in [6.07, 6.45) is 3.15. The smallest absolute Gasteiger partial charge is 0.168 e. The second kappa shape index (κ2) is 5.70. The van der Waals surface area contributed by atoms with E-state index >= 15 is 0 Å². The van der Waals surface area contributed by atoms with Crippen LogP contribution in [-0.4, -0.2) is 10.8 Å². The van der Waals surface area contributed by atoms with E-state index in [2.05, 4.69) is 4.98 Å². The normalized spacial score (nSPS) is 10.4. The van der Waals surface area contributed by atoms with E-state index in [4.69, 9.17) is 34.8 Å². The van der Waals surface area contributed by atoms with Gasteiger partial charge in [-0.1, -0.05) is 40.9 Å². The first-order chi connectivity index (χ1) is 8.58. The largest absolute Gasteiger partial charge is 0.294 e. The highest BCUT2D eigenvalue weighted by molar-refractivity contribution is 6.35. The van der Waals surface area contributed by atoms with Crippen LogP contribution in [0, 0.1) is 0 Å². The number of benzene rings is 1. The van der Waals surface area contributed by atoms with Crippen LogP contribution in [0.2, 0.25) is 15.1 Å². The molecule has 0 amide bonds. The van der Waals surface area contributed by atoms with Crippen molar-refractivity contribution in [2.45, 2.75) is 6.42 Å². The number of rotatable bonds is 3. The second-order valence-corrected chi connectivity index (χ2v) is 4.94. The van der Waals surface area contributed by atoms with Gasteiger partial charge >= 0.3 is 0 Å². The molecule has 0 atom stereocenters. The number of halogens is 3. The number of ketones is 1. The average Bonchev–Trinajstić information content (AvgIpc) is 2.33. The molecular weight excluding hydrogens is 293 g/mol. The van der Waals surface area contributed by atoms with Gasteiger partial charge in [0.05, 0.1) is 5.02 Å². The number of Topliss-reactive ketones (excluding diaryl/α,β-unsaturated/α-hetero) is 1. The zero-order valence-corrected chi connectivity index (χ0v) is 11.4. The van der Waals surface area contributed by atoms with E-state index in [1.54, 1.807) is 24.3 Å². The summed E-state index contributed by atoms with van der Waals surface area (Å²) in [6, 6.07) is 6.64. The second-order valence-electron chi connectivity index (χ2n) is 3.69. The van der Waals surface area contributed by atoms with Gasteiger partial charge < -0.3 is 0 Å². The number of hydrogen-bond donors (Lipinski definition) is 0. The Bertz CT molecular complexity index is 599. The third-order valence-corrected chi connectivity index (χ3v) is 3.33. The molecule has 2 nitrogen and oxygen atoms in total. The van der Waals surface area contributed by atoms with Gasteiger partial charge in [-0.3, -0.25) is 9.78 Å². The predicted octanol–water partition coefficient (Wildman–Crippen LogP) is 4.47. The van der Waals surface area contributed by atoms with Gasteiger partial charge in [0.25, 0.3) is 0 Å². The zero-order chi connectivity index (χ0) is 13.1. The minimum atomic E-state index is -0.105. The minimum absolute atomic E-state index is 0.105. The SMILES string of the molecule is O=C(Cc1ccc(Cl)cc1Cl)c1ccncc1Cl. The minimum Gasteiger partial charge on any atom is -0.294 e. The molecule has 0 radical (unpaired) electrons. The molecule has 1 aromatic carbocycles. The highest BCUT2D eigenvalue weighted by Gasteiger charge is 2.12. The van der Waals surface area contributed by atoms with E-state index in [-0.39, 0.29) is 12.2 Å². The molecule has 5 heteroatoms. The van der Waals surface area contributed by atoms with Crippen LogP contribution in [0.1, 0.15) is 15.9 Å².